The summed E-state index contributed by atoms with van der Waals surface area (Å²) >= 11 is 5.29. The molecule has 0 radical (unpaired) electrons. The van der Waals surface area contributed by atoms with Gasteiger partial charge >= 0.3 is 0 Å². The molecular formula is C11H11ClO2. The Hall–Kier alpha value is -1.15. The number of benzene rings is 1. The van der Waals surface area contributed by atoms with Crippen LogP contribution in [0.4, 0.5) is 0 Å². The first kappa shape index (κ1) is 10.9. The SMILES string of the molecule is CC(=O)CCc1ccc(C(=O)Cl)cc1. The molecule has 0 atom stereocenters. The van der Waals surface area contributed by atoms with Gasteiger partial charge in [-0.1, -0.05) is 12.1 Å². The highest BCUT2D eigenvalue weighted by atomic mass is 35.5. The lowest BCUT2D eigenvalue weighted by Gasteiger charge is -1.99. The molecule has 0 aromatic heterocycles. The Labute approximate surface area is 87.9 Å². The second kappa shape index (κ2) is 4.91. The van der Waals surface area contributed by atoms with Gasteiger partial charge in [0.25, 0.3) is 5.24 Å². The monoisotopic (exact) mass is 210 g/mol. The molecule has 0 bridgehead atoms. The number of Topliss-reactive ketones (excluding diaryl/α,β-unsaturated/α-hetero) is 1. The summed E-state index contributed by atoms with van der Waals surface area (Å²) in [5.41, 5.74) is 1.53. The van der Waals surface area contributed by atoms with E-state index in [-0.39, 0.29) is 5.78 Å². The van der Waals surface area contributed by atoms with Crippen LogP contribution in [0.3, 0.4) is 0 Å². The van der Waals surface area contributed by atoms with Gasteiger partial charge in [0.1, 0.15) is 5.78 Å². The molecule has 74 valence electrons. The van der Waals surface area contributed by atoms with Crippen molar-refractivity contribution in [3.63, 3.8) is 0 Å². The van der Waals surface area contributed by atoms with E-state index in [0.717, 1.165) is 5.56 Å². The summed E-state index contributed by atoms with van der Waals surface area (Å²) in [5, 5.41) is -0.455. The minimum absolute atomic E-state index is 0.169. The van der Waals surface area contributed by atoms with Crippen LogP contribution in [0.2, 0.25) is 0 Å². The average Bonchev–Trinajstić information content (AvgIpc) is 2.15. The largest absolute Gasteiger partial charge is 0.300 e. The topological polar surface area (TPSA) is 34.1 Å². The van der Waals surface area contributed by atoms with Gasteiger partial charge in [-0.25, -0.2) is 0 Å². The maximum atomic E-state index is 10.7. The molecule has 1 aromatic rings. The third-order valence-corrected chi connectivity index (χ3v) is 2.16. The fourth-order valence-electron chi connectivity index (χ4n) is 1.12. The standard InChI is InChI=1S/C11H11ClO2/c1-8(13)2-3-9-4-6-10(7-5-9)11(12)14/h4-7H,2-3H2,1H3. The Morgan fingerprint density at radius 1 is 1.21 bits per heavy atom. The van der Waals surface area contributed by atoms with Gasteiger partial charge in [0, 0.05) is 12.0 Å². The van der Waals surface area contributed by atoms with Crippen LogP contribution in [-0.4, -0.2) is 11.0 Å². The van der Waals surface area contributed by atoms with Gasteiger partial charge in [-0.15, -0.1) is 0 Å². The summed E-state index contributed by atoms with van der Waals surface area (Å²) in [6.45, 7) is 1.57. The van der Waals surface area contributed by atoms with Crippen molar-refractivity contribution in [1.82, 2.24) is 0 Å². The molecule has 0 heterocycles. The number of carbonyl (C=O) groups is 2. The van der Waals surface area contributed by atoms with Gasteiger partial charge in [0.05, 0.1) is 0 Å². The van der Waals surface area contributed by atoms with E-state index in [1.807, 2.05) is 12.1 Å². The minimum atomic E-state index is -0.455. The summed E-state index contributed by atoms with van der Waals surface area (Å²) in [7, 11) is 0. The van der Waals surface area contributed by atoms with Crippen LogP contribution in [0.1, 0.15) is 29.3 Å². The molecule has 0 fully saturated rings. The van der Waals surface area contributed by atoms with E-state index in [9.17, 15) is 9.59 Å². The molecule has 3 heteroatoms. The number of aryl methyl sites for hydroxylation is 1. The van der Waals surface area contributed by atoms with Gasteiger partial charge in [-0.05, 0) is 42.6 Å². The highest BCUT2D eigenvalue weighted by molar-refractivity contribution is 6.67. The van der Waals surface area contributed by atoms with Crippen molar-refractivity contribution in [3.05, 3.63) is 35.4 Å². The van der Waals surface area contributed by atoms with E-state index in [2.05, 4.69) is 0 Å². The summed E-state index contributed by atoms with van der Waals surface area (Å²) in [6.07, 6.45) is 1.25. The van der Waals surface area contributed by atoms with Crippen molar-refractivity contribution in [2.75, 3.05) is 0 Å². The first-order valence-electron chi connectivity index (χ1n) is 4.38. The Balaban J connectivity index is 2.64. The van der Waals surface area contributed by atoms with E-state index in [4.69, 9.17) is 11.6 Å². The van der Waals surface area contributed by atoms with Gasteiger partial charge < -0.3 is 4.79 Å². The van der Waals surface area contributed by atoms with Gasteiger partial charge in [0.15, 0.2) is 0 Å². The van der Waals surface area contributed by atoms with Gasteiger partial charge in [-0.2, -0.15) is 0 Å². The predicted octanol–water partition coefficient (Wildman–Crippen LogP) is 2.59. The second-order valence-corrected chi connectivity index (χ2v) is 3.52. The number of ketones is 1. The van der Waals surface area contributed by atoms with Crippen LogP contribution in [0.15, 0.2) is 24.3 Å². The highest BCUT2D eigenvalue weighted by Crippen LogP contribution is 2.08. The highest BCUT2D eigenvalue weighted by Gasteiger charge is 2.01. The lowest BCUT2D eigenvalue weighted by Crippen LogP contribution is -1.95. The van der Waals surface area contributed by atoms with Crippen LogP contribution in [0.5, 0.6) is 0 Å². The number of carbonyl (C=O) groups excluding carboxylic acids is 2. The fourth-order valence-corrected chi connectivity index (χ4v) is 1.25. The molecule has 0 saturated heterocycles. The number of hydrogen-bond acceptors (Lipinski definition) is 2. The van der Waals surface area contributed by atoms with Crippen LogP contribution in [-0.2, 0) is 11.2 Å². The average molecular weight is 211 g/mol. The van der Waals surface area contributed by atoms with Crippen LogP contribution in [0.25, 0.3) is 0 Å². The van der Waals surface area contributed by atoms with Crippen LogP contribution >= 0.6 is 11.6 Å². The number of halogens is 1. The summed E-state index contributed by atoms with van der Waals surface area (Å²) in [5.74, 6) is 0.169. The van der Waals surface area contributed by atoms with Crippen molar-refractivity contribution in [3.8, 4) is 0 Å². The van der Waals surface area contributed by atoms with E-state index >= 15 is 0 Å². The zero-order valence-corrected chi connectivity index (χ0v) is 8.67. The Morgan fingerprint density at radius 3 is 2.21 bits per heavy atom. The molecule has 2 nitrogen and oxygen atoms in total. The molecule has 1 aromatic carbocycles. The van der Waals surface area contributed by atoms with Crippen molar-refractivity contribution >= 4 is 22.6 Å². The molecule has 1 rings (SSSR count). The van der Waals surface area contributed by atoms with Crippen molar-refractivity contribution in [2.45, 2.75) is 19.8 Å². The van der Waals surface area contributed by atoms with E-state index in [0.29, 0.717) is 18.4 Å². The van der Waals surface area contributed by atoms with Crippen molar-refractivity contribution in [2.24, 2.45) is 0 Å². The maximum absolute atomic E-state index is 10.7. The first-order chi connectivity index (χ1) is 6.59. The second-order valence-electron chi connectivity index (χ2n) is 3.17. The summed E-state index contributed by atoms with van der Waals surface area (Å²) in [6, 6.07) is 6.98. The maximum Gasteiger partial charge on any atom is 0.252 e. The fraction of sp³-hybridized carbons (Fsp3) is 0.273. The zero-order valence-electron chi connectivity index (χ0n) is 7.92. The molecular weight excluding hydrogens is 200 g/mol. The van der Waals surface area contributed by atoms with Crippen molar-refractivity contribution in [1.29, 1.82) is 0 Å². The Morgan fingerprint density at radius 2 is 1.79 bits per heavy atom. The Kier molecular flexibility index (Phi) is 3.84. The molecule has 0 spiro atoms. The molecule has 14 heavy (non-hydrogen) atoms. The zero-order chi connectivity index (χ0) is 10.6. The molecule has 0 aliphatic carbocycles. The van der Waals surface area contributed by atoms with Gasteiger partial charge in [-0.3, -0.25) is 4.79 Å². The van der Waals surface area contributed by atoms with E-state index in [1.54, 1.807) is 19.1 Å². The normalized spacial score (nSPS) is 9.86. The molecule has 0 aliphatic rings. The lowest BCUT2D eigenvalue weighted by molar-refractivity contribution is -0.116. The first-order valence-corrected chi connectivity index (χ1v) is 4.75. The number of rotatable bonds is 4. The van der Waals surface area contributed by atoms with Crippen molar-refractivity contribution < 1.29 is 9.59 Å². The van der Waals surface area contributed by atoms with E-state index in [1.165, 1.54) is 0 Å². The predicted molar refractivity (Wildman–Crippen MR) is 55.6 cm³/mol. The third kappa shape index (κ3) is 3.30. The van der Waals surface area contributed by atoms with Gasteiger partial charge in [0.2, 0.25) is 0 Å². The molecule has 0 aliphatic heterocycles. The quantitative estimate of drug-likeness (QED) is 0.716. The molecule has 0 saturated carbocycles. The Bertz CT molecular complexity index is 341. The molecule has 0 N–H and O–H groups in total. The summed E-state index contributed by atoms with van der Waals surface area (Å²) in [4.78, 5) is 21.5. The number of hydrogen-bond donors (Lipinski definition) is 0. The smallest absolute Gasteiger partial charge is 0.252 e. The van der Waals surface area contributed by atoms with E-state index < -0.39 is 5.24 Å². The summed E-state index contributed by atoms with van der Waals surface area (Å²) < 4.78 is 0. The van der Waals surface area contributed by atoms with Crippen LogP contribution < -0.4 is 0 Å². The lowest BCUT2D eigenvalue weighted by atomic mass is 10.1. The molecule has 0 amide bonds. The van der Waals surface area contributed by atoms with Crippen LogP contribution in [0, 0.1) is 0 Å². The third-order valence-electron chi connectivity index (χ3n) is 1.95. The molecule has 0 unspecified atom stereocenters. The minimum Gasteiger partial charge on any atom is -0.300 e.